The third-order valence-electron chi connectivity index (χ3n) is 6.38. The van der Waals surface area contributed by atoms with Crippen LogP contribution in [0.2, 0.25) is 0 Å². The highest BCUT2D eigenvalue weighted by molar-refractivity contribution is 8.13. The Morgan fingerprint density at radius 1 is 1.24 bits per heavy atom. The summed E-state index contributed by atoms with van der Waals surface area (Å²) in [7, 11) is 0.0524. The molecule has 0 spiro atoms. The van der Waals surface area contributed by atoms with Crippen LogP contribution in [0, 0.1) is 0 Å². The molecule has 4 heterocycles. The van der Waals surface area contributed by atoms with E-state index in [2.05, 4.69) is 17.1 Å². The minimum absolute atomic E-state index is 0.0524. The van der Waals surface area contributed by atoms with Crippen molar-refractivity contribution in [1.82, 2.24) is 19.4 Å². The van der Waals surface area contributed by atoms with Gasteiger partial charge in [0.1, 0.15) is 23.7 Å². The summed E-state index contributed by atoms with van der Waals surface area (Å²) in [6.07, 6.45) is 7.68. The van der Waals surface area contributed by atoms with E-state index in [0.717, 1.165) is 16.9 Å². The Kier molecular flexibility index (Phi) is 8.23. The van der Waals surface area contributed by atoms with Crippen LogP contribution in [-0.2, 0) is 16.2 Å². The van der Waals surface area contributed by atoms with E-state index in [9.17, 15) is 13.6 Å². The molecule has 0 aliphatic carbocycles. The number of amides is 1. The molecule has 0 radical (unpaired) electrons. The molecule has 2 aromatic rings. The fraction of sp³-hybridized carbons (Fsp3) is 0.615. The number of rotatable bonds is 7. The van der Waals surface area contributed by atoms with Gasteiger partial charge in [-0.25, -0.2) is 23.5 Å². The second-order valence-electron chi connectivity index (χ2n) is 10.7. The monoisotopic (exact) mass is 537 g/mol. The maximum Gasteiger partial charge on any atom is 0.410 e. The normalized spacial score (nSPS) is 19.1. The van der Waals surface area contributed by atoms with Gasteiger partial charge in [0.05, 0.1) is 12.8 Å². The topological polar surface area (TPSA) is 72.7 Å². The van der Waals surface area contributed by atoms with Crippen molar-refractivity contribution in [1.29, 1.82) is 0 Å². The van der Waals surface area contributed by atoms with Crippen LogP contribution in [0.15, 0.2) is 18.5 Å². The highest BCUT2D eigenvalue weighted by atomic mass is 32.2. The van der Waals surface area contributed by atoms with Gasteiger partial charge in [-0.3, -0.25) is 0 Å². The molecular formula is C26H37F2N5O3S. The maximum atomic E-state index is 13.7. The Balaban J connectivity index is 1.59. The molecule has 1 saturated heterocycles. The van der Waals surface area contributed by atoms with Crippen molar-refractivity contribution in [3.63, 3.8) is 0 Å². The van der Waals surface area contributed by atoms with Crippen LogP contribution in [0.1, 0.15) is 45.6 Å². The van der Waals surface area contributed by atoms with E-state index in [1.807, 2.05) is 42.5 Å². The molecule has 2 aliphatic heterocycles. The number of hydrogen-bond acceptors (Lipinski definition) is 6. The summed E-state index contributed by atoms with van der Waals surface area (Å²) in [5, 5.41) is 0. The van der Waals surface area contributed by atoms with Gasteiger partial charge < -0.3 is 23.8 Å². The quantitative estimate of drug-likeness (QED) is 0.366. The molecule has 1 fully saturated rings. The Morgan fingerprint density at radius 2 is 1.97 bits per heavy atom. The number of anilines is 1. The summed E-state index contributed by atoms with van der Waals surface area (Å²) in [6, 6.07) is 0. The van der Waals surface area contributed by atoms with Gasteiger partial charge in [0, 0.05) is 56.5 Å². The maximum absolute atomic E-state index is 13.7. The lowest BCUT2D eigenvalue weighted by Crippen LogP contribution is -2.39. The molecular weight excluding hydrogens is 500 g/mol. The highest BCUT2D eigenvalue weighted by Crippen LogP contribution is 2.33. The minimum Gasteiger partial charge on any atom is -0.444 e. The molecule has 1 amide bonds. The fourth-order valence-electron chi connectivity index (χ4n) is 4.36. The number of carbonyl (C=O) groups excluding carboxylic acids is 1. The van der Waals surface area contributed by atoms with Crippen LogP contribution in [0.4, 0.5) is 19.4 Å². The Hall–Kier alpha value is -2.53. The van der Waals surface area contributed by atoms with Crippen molar-refractivity contribution in [2.24, 2.45) is 0 Å². The van der Waals surface area contributed by atoms with Crippen LogP contribution in [0.5, 0.6) is 0 Å². The molecule has 2 aromatic heterocycles. The number of alkyl halides is 2. The molecule has 4 rings (SSSR count). The van der Waals surface area contributed by atoms with Gasteiger partial charge in [0.2, 0.25) is 0 Å². The highest BCUT2D eigenvalue weighted by Gasteiger charge is 2.34. The van der Waals surface area contributed by atoms with Gasteiger partial charge in [-0.05, 0) is 39.0 Å². The standard InChI is InChI=1S/C26H37F2N5O3S/c1-25(2,3)36-24(34)32-10-6-19(7-11-32)20-17-33(18-35-14-15-37(4)5)23-22(20)30-21(16-29-23)31-12-8-26(27,28)9-13-31/h6,16-17H,4,7-15,18H2,1-3,5H3. The van der Waals surface area contributed by atoms with Crippen LogP contribution in [0.25, 0.3) is 16.7 Å². The Morgan fingerprint density at radius 3 is 2.59 bits per heavy atom. The van der Waals surface area contributed by atoms with Crippen LogP contribution in [-0.4, -0.2) is 87.7 Å². The zero-order valence-electron chi connectivity index (χ0n) is 22.1. The van der Waals surface area contributed by atoms with E-state index >= 15 is 0 Å². The lowest BCUT2D eigenvalue weighted by molar-refractivity contribution is -0.0221. The second-order valence-corrected chi connectivity index (χ2v) is 12.7. The molecule has 0 bridgehead atoms. The summed E-state index contributed by atoms with van der Waals surface area (Å²) in [5.74, 6) is 2.88. The summed E-state index contributed by atoms with van der Waals surface area (Å²) in [6.45, 7) is 7.92. The van der Waals surface area contributed by atoms with Gasteiger partial charge >= 0.3 is 6.09 Å². The molecule has 37 heavy (non-hydrogen) atoms. The first kappa shape index (κ1) is 27.5. The van der Waals surface area contributed by atoms with Crippen LogP contribution in [0.3, 0.4) is 0 Å². The Bertz CT molecular complexity index is 1180. The van der Waals surface area contributed by atoms with Gasteiger partial charge in [0.15, 0.2) is 5.65 Å². The summed E-state index contributed by atoms with van der Waals surface area (Å²) < 4.78 is 40.7. The zero-order chi connectivity index (χ0) is 26.8. The molecule has 0 saturated carbocycles. The van der Waals surface area contributed by atoms with E-state index in [4.69, 9.17) is 14.5 Å². The first-order valence-electron chi connectivity index (χ1n) is 12.6. The third-order valence-corrected chi connectivity index (χ3v) is 7.25. The molecule has 0 N–H and O–H groups in total. The second kappa shape index (κ2) is 11.1. The average molecular weight is 538 g/mol. The molecule has 1 unspecified atom stereocenters. The molecule has 204 valence electrons. The number of nitrogens with zero attached hydrogens (tertiary/aromatic N) is 5. The van der Waals surface area contributed by atoms with Crippen molar-refractivity contribution < 1.29 is 23.0 Å². The number of piperidine rings is 1. The van der Waals surface area contributed by atoms with Crippen molar-refractivity contribution in [2.45, 2.75) is 58.3 Å². The minimum atomic E-state index is -2.63. The molecule has 0 aromatic carbocycles. The lowest BCUT2D eigenvalue weighted by Gasteiger charge is -2.32. The fourth-order valence-corrected chi connectivity index (χ4v) is 4.76. The van der Waals surface area contributed by atoms with Crippen molar-refractivity contribution in [3.8, 4) is 0 Å². The number of ether oxygens (including phenoxy) is 2. The molecule has 2 aliphatic rings. The van der Waals surface area contributed by atoms with E-state index in [-0.39, 0.29) is 42.5 Å². The average Bonchev–Trinajstić information content (AvgIpc) is 3.18. The molecule has 1 atom stereocenters. The van der Waals surface area contributed by atoms with E-state index in [1.54, 1.807) is 11.1 Å². The lowest BCUT2D eigenvalue weighted by atomic mass is 10.0. The van der Waals surface area contributed by atoms with Gasteiger partial charge in [-0.15, -0.1) is 0 Å². The summed E-state index contributed by atoms with van der Waals surface area (Å²) in [4.78, 5) is 25.6. The summed E-state index contributed by atoms with van der Waals surface area (Å²) in [5.41, 5.74) is 2.83. The van der Waals surface area contributed by atoms with Gasteiger partial charge in [-0.1, -0.05) is 11.9 Å². The van der Waals surface area contributed by atoms with Gasteiger partial charge in [0.25, 0.3) is 5.92 Å². The van der Waals surface area contributed by atoms with Crippen molar-refractivity contribution in [2.75, 3.05) is 49.7 Å². The molecule has 11 heteroatoms. The van der Waals surface area contributed by atoms with E-state index < -0.39 is 11.5 Å². The number of carbonyl (C=O) groups is 1. The molecule has 8 nitrogen and oxygen atoms in total. The number of halogens is 2. The third kappa shape index (κ3) is 7.07. The zero-order valence-corrected chi connectivity index (χ0v) is 23.0. The smallest absolute Gasteiger partial charge is 0.410 e. The summed E-state index contributed by atoms with van der Waals surface area (Å²) >= 11 is 0. The van der Waals surface area contributed by atoms with Crippen LogP contribution >= 0.6 is 10.5 Å². The first-order chi connectivity index (χ1) is 17.4. The van der Waals surface area contributed by atoms with Crippen LogP contribution < -0.4 is 4.90 Å². The Labute approximate surface area is 219 Å². The SMILES string of the molecule is C=S(C)CCOCn1cc(C2=CCN(C(=O)OC(C)(C)C)CC2)c2nc(N3CCC(F)(F)CC3)cnc21. The van der Waals surface area contributed by atoms with Gasteiger partial charge in [-0.2, -0.15) is 10.5 Å². The van der Waals surface area contributed by atoms with E-state index in [1.165, 1.54) is 0 Å². The van der Waals surface area contributed by atoms with E-state index in [0.29, 0.717) is 49.8 Å². The predicted molar refractivity (Wildman–Crippen MR) is 146 cm³/mol. The number of aromatic nitrogens is 3. The first-order valence-corrected chi connectivity index (χ1v) is 14.5. The van der Waals surface area contributed by atoms with Crippen molar-refractivity contribution >= 4 is 45.0 Å². The predicted octanol–water partition coefficient (Wildman–Crippen LogP) is 5.00. The van der Waals surface area contributed by atoms with Crippen molar-refractivity contribution in [3.05, 3.63) is 24.0 Å². The number of fused-ring (bicyclic) bond motifs is 1. The largest absolute Gasteiger partial charge is 0.444 e. The number of hydrogen-bond donors (Lipinski definition) is 0.